The molecule has 2 aromatic rings. The molecule has 6 heteroatoms. The van der Waals surface area contributed by atoms with E-state index in [2.05, 4.69) is 20.8 Å². The molecule has 0 spiro atoms. The molecule has 1 atom stereocenters. The van der Waals surface area contributed by atoms with Crippen LogP contribution in [0.15, 0.2) is 22.8 Å². The van der Waals surface area contributed by atoms with Gasteiger partial charge in [0.15, 0.2) is 5.82 Å². The van der Waals surface area contributed by atoms with Crippen molar-refractivity contribution < 1.29 is 4.42 Å². The molecular formula is C11H15N5O. The number of furan rings is 1. The smallest absolute Gasteiger partial charge is 0.222 e. The zero-order chi connectivity index (χ0) is 11.5. The van der Waals surface area contributed by atoms with Gasteiger partial charge in [0, 0.05) is 18.5 Å². The highest BCUT2D eigenvalue weighted by Gasteiger charge is 2.18. The van der Waals surface area contributed by atoms with Crippen LogP contribution in [0.3, 0.4) is 0 Å². The molecule has 1 aliphatic heterocycles. The van der Waals surface area contributed by atoms with Crippen molar-refractivity contribution >= 4 is 0 Å². The Labute approximate surface area is 99.0 Å². The number of hydrogen-bond donors (Lipinski definition) is 1. The van der Waals surface area contributed by atoms with Gasteiger partial charge in [0.25, 0.3) is 0 Å². The molecule has 17 heavy (non-hydrogen) atoms. The van der Waals surface area contributed by atoms with Gasteiger partial charge in [-0.05, 0) is 35.9 Å². The quantitative estimate of drug-likeness (QED) is 0.854. The van der Waals surface area contributed by atoms with Crippen molar-refractivity contribution in [1.29, 1.82) is 0 Å². The monoisotopic (exact) mass is 233 g/mol. The van der Waals surface area contributed by atoms with Gasteiger partial charge in [-0.25, -0.2) is 0 Å². The summed E-state index contributed by atoms with van der Waals surface area (Å²) in [6, 6.07) is 4.16. The van der Waals surface area contributed by atoms with E-state index < -0.39 is 0 Å². The number of rotatable bonds is 3. The van der Waals surface area contributed by atoms with Crippen LogP contribution in [0.25, 0.3) is 5.88 Å². The highest BCUT2D eigenvalue weighted by molar-refractivity contribution is 5.17. The molecular weight excluding hydrogens is 218 g/mol. The predicted molar refractivity (Wildman–Crippen MR) is 60.8 cm³/mol. The second kappa shape index (κ2) is 4.67. The Morgan fingerprint density at radius 1 is 1.47 bits per heavy atom. The summed E-state index contributed by atoms with van der Waals surface area (Å²) in [7, 11) is 0. The van der Waals surface area contributed by atoms with E-state index in [9.17, 15) is 0 Å². The molecule has 0 saturated carbocycles. The minimum Gasteiger partial charge on any atom is -0.447 e. The van der Waals surface area contributed by atoms with E-state index in [1.54, 1.807) is 10.9 Å². The largest absolute Gasteiger partial charge is 0.447 e. The van der Waals surface area contributed by atoms with Crippen molar-refractivity contribution in [1.82, 2.24) is 25.5 Å². The number of piperidine rings is 1. The first-order valence-corrected chi connectivity index (χ1v) is 5.98. The zero-order valence-electron chi connectivity index (χ0n) is 9.54. The molecule has 2 aromatic heterocycles. The van der Waals surface area contributed by atoms with Crippen LogP contribution < -0.4 is 5.32 Å². The fourth-order valence-corrected chi connectivity index (χ4v) is 2.21. The number of nitrogens with zero attached hydrogens (tertiary/aromatic N) is 4. The Morgan fingerprint density at radius 2 is 2.47 bits per heavy atom. The van der Waals surface area contributed by atoms with Crippen molar-refractivity contribution in [2.75, 3.05) is 6.54 Å². The molecule has 1 fully saturated rings. The molecule has 1 saturated heterocycles. The van der Waals surface area contributed by atoms with Crippen LogP contribution >= 0.6 is 0 Å². The Bertz CT molecular complexity index is 458. The Hall–Kier alpha value is -1.69. The third-order valence-corrected chi connectivity index (χ3v) is 3.09. The van der Waals surface area contributed by atoms with Gasteiger partial charge in [0.1, 0.15) is 0 Å². The first-order valence-electron chi connectivity index (χ1n) is 5.98. The lowest BCUT2D eigenvalue weighted by Crippen LogP contribution is -2.36. The summed E-state index contributed by atoms with van der Waals surface area (Å²) in [5.41, 5.74) is 0. The topological polar surface area (TPSA) is 68.8 Å². The number of aromatic nitrogens is 4. The summed E-state index contributed by atoms with van der Waals surface area (Å²) in [5.74, 6) is 1.51. The molecule has 6 nitrogen and oxygen atoms in total. The molecule has 0 aromatic carbocycles. The second-order valence-corrected chi connectivity index (χ2v) is 4.31. The molecule has 0 amide bonds. The zero-order valence-corrected chi connectivity index (χ0v) is 9.54. The lowest BCUT2D eigenvalue weighted by atomic mass is 10.0. The molecule has 3 rings (SSSR count). The molecule has 0 aliphatic carbocycles. The normalized spacial score (nSPS) is 20.6. The minimum absolute atomic E-state index is 0.475. The van der Waals surface area contributed by atoms with Crippen LogP contribution in [0.5, 0.6) is 0 Å². The van der Waals surface area contributed by atoms with Crippen molar-refractivity contribution in [3.05, 3.63) is 24.2 Å². The van der Waals surface area contributed by atoms with Gasteiger partial charge in [-0.3, -0.25) is 0 Å². The lowest BCUT2D eigenvalue weighted by molar-refractivity contribution is 0.389. The minimum atomic E-state index is 0.475. The van der Waals surface area contributed by atoms with E-state index in [0.717, 1.165) is 18.8 Å². The highest BCUT2D eigenvalue weighted by Crippen LogP contribution is 2.13. The number of tetrazole rings is 1. The molecule has 0 radical (unpaired) electrons. The van der Waals surface area contributed by atoms with Crippen LogP contribution in [0.2, 0.25) is 0 Å². The summed E-state index contributed by atoms with van der Waals surface area (Å²) in [6.07, 6.45) is 6.19. The Kier molecular flexibility index (Phi) is 2.87. The predicted octanol–water partition coefficient (Wildman–Crippen LogP) is 0.940. The molecule has 0 bridgehead atoms. The summed E-state index contributed by atoms with van der Waals surface area (Å²) in [6.45, 7) is 1.09. The Balaban J connectivity index is 1.77. The van der Waals surface area contributed by atoms with Gasteiger partial charge in [-0.1, -0.05) is 6.42 Å². The van der Waals surface area contributed by atoms with Gasteiger partial charge in [-0.2, -0.15) is 4.68 Å². The van der Waals surface area contributed by atoms with Crippen LogP contribution in [-0.4, -0.2) is 32.8 Å². The number of hydrogen-bond acceptors (Lipinski definition) is 5. The van der Waals surface area contributed by atoms with Gasteiger partial charge in [0.05, 0.1) is 6.26 Å². The SMILES string of the molecule is c1coc(-n2nnnc2CC2CCCCN2)c1. The van der Waals surface area contributed by atoms with E-state index in [1.807, 2.05) is 12.1 Å². The van der Waals surface area contributed by atoms with E-state index in [-0.39, 0.29) is 0 Å². The first-order chi connectivity index (χ1) is 8.43. The highest BCUT2D eigenvalue weighted by atomic mass is 16.3. The standard InChI is InChI=1S/C11H15N5O/c1-2-6-12-9(4-1)8-10-13-14-15-16(10)11-5-3-7-17-11/h3,5,7,9,12H,1-2,4,6,8H2. The van der Waals surface area contributed by atoms with Crippen LogP contribution in [0.1, 0.15) is 25.1 Å². The number of nitrogens with one attached hydrogen (secondary N) is 1. The van der Waals surface area contributed by atoms with E-state index >= 15 is 0 Å². The third kappa shape index (κ3) is 2.21. The fraction of sp³-hybridized carbons (Fsp3) is 0.545. The molecule has 1 aliphatic rings. The average Bonchev–Trinajstić information content (AvgIpc) is 3.00. The maximum atomic E-state index is 5.31. The third-order valence-electron chi connectivity index (χ3n) is 3.09. The van der Waals surface area contributed by atoms with Crippen LogP contribution in [0, 0.1) is 0 Å². The second-order valence-electron chi connectivity index (χ2n) is 4.31. The van der Waals surface area contributed by atoms with Gasteiger partial charge in [0.2, 0.25) is 5.88 Å². The summed E-state index contributed by atoms with van der Waals surface area (Å²) in [4.78, 5) is 0. The summed E-state index contributed by atoms with van der Waals surface area (Å²) < 4.78 is 6.97. The molecule has 3 heterocycles. The van der Waals surface area contributed by atoms with Crippen LogP contribution in [-0.2, 0) is 6.42 Å². The maximum Gasteiger partial charge on any atom is 0.222 e. The lowest BCUT2D eigenvalue weighted by Gasteiger charge is -2.22. The summed E-state index contributed by atoms with van der Waals surface area (Å²) >= 11 is 0. The molecule has 90 valence electrons. The van der Waals surface area contributed by atoms with E-state index in [4.69, 9.17) is 4.42 Å². The maximum absolute atomic E-state index is 5.31. The Morgan fingerprint density at radius 3 is 3.24 bits per heavy atom. The average molecular weight is 233 g/mol. The molecule has 1 N–H and O–H groups in total. The van der Waals surface area contributed by atoms with Crippen LogP contribution in [0.4, 0.5) is 0 Å². The van der Waals surface area contributed by atoms with Gasteiger partial charge in [-0.15, -0.1) is 5.10 Å². The van der Waals surface area contributed by atoms with E-state index in [0.29, 0.717) is 11.9 Å². The van der Waals surface area contributed by atoms with Crippen molar-refractivity contribution in [3.63, 3.8) is 0 Å². The van der Waals surface area contributed by atoms with Crippen molar-refractivity contribution in [2.24, 2.45) is 0 Å². The van der Waals surface area contributed by atoms with Crippen molar-refractivity contribution in [2.45, 2.75) is 31.7 Å². The fourth-order valence-electron chi connectivity index (χ4n) is 2.21. The summed E-state index contributed by atoms with van der Waals surface area (Å²) in [5, 5.41) is 15.2. The first kappa shape index (κ1) is 10.5. The van der Waals surface area contributed by atoms with E-state index in [1.165, 1.54) is 19.3 Å². The van der Waals surface area contributed by atoms with Gasteiger partial charge < -0.3 is 9.73 Å². The van der Waals surface area contributed by atoms with Gasteiger partial charge >= 0.3 is 0 Å². The van der Waals surface area contributed by atoms with Crippen molar-refractivity contribution in [3.8, 4) is 5.88 Å². The molecule has 1 unspecified atom stereocenters.